The van der Waals surface area contributed by atoms with E-state index in [0.29, 0.717) is 31.4 Å². The van der Waals surface area contributed by atoms with Gasteiger partial charge in [0.25, 0.3) is 0 Å². The molecule has 6 rings (SSSR count). The number of H-pyrrole nitrogens is 2. The largest absolute Gasteiger partial charge is 0.481 e. The maximum atomic E-state index is 14.0. The van der Waals surface area contributed by atoms with Gasteiger partial charge in [0.15, 0.2) is 0 Å². The van der Waals surface area contributed by atoms with Crippen LogP contribution in [0.3, 0.4) is 0 Å². The Labute approximate surface area is 321 Å². The number of nitrogens with one attached hydrogen (secondary N) is 3. The third-order valence-corrected chi connectivity index (χ3v) is 11.5. The van der Waals surface area contributed by atoms with Crippen LogP contribution >= 0.6 is 0 Å². The summed E-state index contributed by atoms with van der Waals surface area (Å²) < 4.78 is 16.1. The Morgan fingerprint density at radius 3 is 2.36 bits per heavy atom. The van der Waals surface area contributed by atoms with Crippen LogP contribution in [0, 0.1) is 31.1 Å². The molecule has 0 amide bonds. The summed E-state index contributed by atoms with van der Waals surface area (Å²) in [6.07, 6.45) is 11.1. The first kappa shape index (κ1) is 39.1. The third-order valence-electron chi connectivity index (χ3n) is 11.5. The molecule has 55 heavy (non-hydrogen) atoms. The molecule has 1 unspecified atom stereocenters. The zero-order valence-electron chi connectivity index (χ0n) is 32.7. The number of carbonyl (C=O) groups is 4. The molecule has 2 aromatic rings. The second kappa shape index (κ2) is 15.6. The van der Waals surface area contributed by atoms with Gasteiger partial charge >= 0.3 is 23.9 Å². The van der Waals surface area contributed by atoms with Crippen molar-refractivity contribution in [2.75, 3.05) is 20.3 Å². The number of aliphatic carboxylic acids is 1. The van der Waals surface area contributed by atoms with Crippen molar-refractivity contribution in [1.29, 1.82) is 0 Å². The summed E-state index contributed by atoms with van der Waals surface area (Å²) in [5.41, 5.74) is 11.1. The lowest BCUT2D eigenvalue weighted by atomic mass is 9.64. The summed E-state index contributed by atoms with van der Waals surface area (Å²) in [5.74, 6) is -3.48. The van der Waals surface area contributed by atoms with E-state index in [2.05, 4.69) is 28.8 Å². The predicted octanol–water partition coefficient (Wildman–Crippen LogP) is 6.62. The van der Waals surface area contributed by atoms with E-state index in [-0.39, 0.29) is 43.5 Å². The summed E-state index contributed by atoms with van der Waals surface area (Å²) in [7, 11) is 1.36. The minimum atomic E-state index is -1.09. The number of esters is 3. The van der Waals surface area contributed by atoms with Crippen LogP contribution < -0.4 is 5.32 Å². The van der Waals surface area contributed by atoms with Crippen molar-refractivity contribution < 1.29 is 38.5 Å². The average molecular weight is 751 g/mol. The lowest BCUT2D eigenvalue weighted by molar-refractivity contribution is -0.152. The Bertz CT molecular complexity index is 2170. The molecule has 0 saturated carbocycles. The predicted molar refractivity (Wildman–Crippen MR) is 210 cm³/mol. The second-order valence-electron chi connectivity index (χ2n) is 14.6. The minimum absolute atomic E-state index is 0.0243. The van der Waals surface area contributed by atoms with E-state index in [1.54, 1.807) is 19.9 Å². The topological polar surface area (TPSA) is 172 Å². The van der Waals surface area contributed by atoms with Gasteiger partial charge in [0.05, 0.1) is 31.3 Å². The standard InChI is InChI=1S/C43H50N4O8/c1-9-25-22(4)31-19-36-29-15-12-28(41(51)54-10-2)40(42(52)55-11-3)43(29,7)37(47-36)21-32-24(6)27(14-17-39(50)53-8)35(46-32)20-34-26(13-16-38(48)49)23(5)30(45-34)18-33(25)44-31/h9,12,15,19,21,23,40,44,46-47H,1,10-11,13-14,16-18,20H2,2-8H3,(H,48,49)/t23?,40-,43+/m0/s1. The van der Waals surface area contributed by atoms with Crippen LogP contribution in [0.25, 0.3) is 18.2 Å². The maximum Gasteiger partial charge on any atom is 0.334 e. The van der Waals surface area contributed by atoms with Gasteiger partial charge in [-0.1, -0.05) is 31.7 Å². The fourth-order valence-corrected chi connectivity index (χ4v) is 8.53. The molecule has 4 aliphatic rings. The van der Waals surface area contributed by atoms with E-state index >= 15 is 0 Å². The molecule has 0 aromatic carbocycles. The lowest BCUT2D eigenvalue weighted by Gasteiger charge is -2.37. The van der Waals surface area contributed by atoms with Crippen LogP contribution in [0.5, 0.6) is 0 Å². The van der Waals surface area contributed by atoms with Gasteiger partial charge in [-0.15, -0.1) is 0 Å². The quantitative estimate of drug-likeness (QED) is 0.146. The molecule has 1 fully saturated rings. The zero-order chi connectivity index (χ0) is 39.8. The number of aromatic nitrogens is 2. The number of hydrogen-bond donors (Lipinski definition) is 4. The van der Waals surface area contributed by atoms with Gasteiger partial charge in [-0.3, -0.25) is 19.4 Å². The summed E-state index contributed by atoms with van der Waals surface area (Å²) in [6, 6.07) is 0. The molecule has 0 radical (unpaired) electrons. The molecule has 3 atom stereocenters. The van der Waals surface area contributed by atoms with Gasteiger partial charge in [-0.25, -0.2) is 4.79 Å². The zero-order valence-corrected chi connectivity index (χ0v) is 32.7. The number of aromatic amines is 2. The highest BCUT2D eigenvalue weighted by atomic mass is 16.5. The van der Waals surface area contributed by atoms with Crippen molar-refractivity contribution in [2.24, 2.45) is 22.2 Å². The van der Waals surface area contributed by atoms with Crippen molar-refractivity contribution in [3.63, 3.8) is 0 Å². The van der Waals surface area contributed by atoms with Crippen molar-refractivity contribution in [3.05, 3.63) is 97.6 Å². The molecule has 0 spiro atoms. The van der Waals surface area contributed by atoms with Crippen molar-refractivity contribution >= 4 is 47.8 Å². The fourth-order valence-electron chi connectivity index (χ4n) is 8.53. The fraction of sp³-hybridized carbons (Fsp3) is 0.419. The normalized spacial score (nSPS) is 21.3. The number of hydrogen-bond acceptors (Lipinski definition) is 9. The maximum absolute atomic E-state index is 14.0. The summed E-state index contributed by atoms with van der Waals surface area (Å²) in [6.45, 7) is 15.9. The Balaban J connectivity index is 1.63. The molecular formula is C43H50N4O8. The van der Waals surface area contributed by atoms with Gasteiger partial charge in [0.2, 0.25) is 0 Å². The number of fused-ring (bicyclic) bond motifs is 10. The molecule has 2 aromatic heterocycles. The molecule has 1 saturated heterocycles. The molecule has 1 aliphatic carbocycles. The Morgan fingerprint density at radius 2 is 1.69 bits per heavy atom. The molecule has 8 bridgehead atoms. The molecule has 3 aliphatic heterocycles. The number of nitrogens with zero attached hydrogens (tertiary/aromatic N) is 1. The Hall–Kier alpha value is -5.65. The number of methoxy groups -OCH3 is 1. The van der Waals surface area contributed by atoms with Gasteiger partial charge in [-0.05, 0) is 93.0 Å². The van der Waals surface area contributed by atoms with Crippen molar-refractivity contribution in [3.8, 4) is 0 Å². The summed E-state index contributed by atoms with van der Waals surface area (Å²) >= 11 is 0. The van der Waals surface area contributed by atoms with Crippen LogP contribution in [-0.4, -0.2) is 65.0 Å². The van der Waals surface area contributed by atoms with E-state index in [1.807, 2.05) is 45.1 Å². The van der Waals surface area contributed by atoms with Gasteiger partial charge in [0, 0.05) is 77.2 Å². The summed E-state index contributed by atoms with van der Waals surface area (Å²) in [5, 5.41) is 13.3. The van der Waals surface area contributed by atoms with Crippen LogP contribution in [-0.2, 0) is 52.7 Å². The molecule has 12 heteroatoms. The molecule has 290 valence electrons. The highest BCUT2D eigenvalue weighted by Gasteiger charge is 2.55. The number of rotatable bonds is 11. The van der Waals surface area contributed by atoms with Gasteiger partial charge < -0.3 is 34.6 Å². The number of carboxylic acid groups (broad SMARTS) is 1. The highest BCUT2D eigenvalue weighted by Crippen LogP contribution is 2.55. The lowest BCUT2D eigenvalue weighted by Crippen LogP contribution is -2.41. The number of aliphatic imine (C=N–C) groups is 1. The minimum Gasteiger partial charge on any atom is -0.481 e. The van der Waals surface area contributed by atoms with E-state index in [9.17, 15) is 24.3 Å². The summed E-state index contributed by atoms with van der Waals surface area (Å²) in [4.78, 5) is 64.2. The van der Waals surface area contributed by atoms with E-state index in [4.69, 9.17) is 19.2 Å². The Morgan fingerprint density at radius 1 is 0.982 bits per heavy atom. The SMILES string of the molecule is C=Cc1c2[nH]c(c1C)C=C1NC(=Cc3[nH]c(c(CCC(=O)OC)c3C)CC3=C(CCC(=O)O)C(C)C(=N3)C2)[C@@]2(C)C1=CC=C(C(=O)OCC)[C@H]2C(=O)OCC. The number of allylic oxidation sites excluding steroid dienone is 6. The van der Waals surface area contributed by atoms with E-state index in [1.165, 1.54) is 7.11 Å². The monoisotopic (exact) mass is 750 g/mol. The first-order valence-electron chi connectivity index (χ1n) is 18.9. The van der Waals surface area contributed by atoms with E-state index in [0.717, 1.165) is 73.3 Å². The molecule has 5 heterocycles. The van der Waals surface area contributed by atoms with Crippen molar-refractivity contribution in [2.45, 2.75) is 80.1 Å². The number of carboxylic acids is 1. The third kappa shape index (κ3) is 7.05. The van der Waals surface area contributed by atoms with Crippen molar-refractivity contribution in [1.82, 2.24) is 15.3 Å². The molecule has 4 N–H and O–H groups in total. The first-order chi connectivity index (χ1) is 26.3. The molecular weight excluding hydrogens is 700 g/mol. The van der Waals surface area contributed by atoms with Crippen LogP contribution in [0.2, 0.25) is 0 Å². The second-order valence-corrected chi connectivity index (χ2v) is 14.6. The van der Waals surface area contributed by atoms with Crippen LogP contribution in [0.15, 0.2) is 57.5 Å². The highest BCUT2D eigenvalue weighted by molar-refractivity contribution is 5.99. The van der Waals surface area contributed by atoms with E-state index < -0.39 is 29.2 Å². The van der Waals surface area contributed by atoms with Gasteiger partial charge in [-0.2, -0.15) is 0 Å². The molecule has 12 nitrogen and oxygen atoms in total. The number of carbonyl (C=O) groups excluding carboxylic acids is 3. The number of ether oxygens (including phenoxy) is 3. The smallest absolute Gasteiger partial charge is 0.334 e. The first-order valence-corrected chi connectivity index (χ1v) is 18.9. The van der Waals surface area contributed by atoms with Crippen LogP contribution in [0.4, 0.5) is 0 Å². The van der Waals surface area contributed by atoms with Crippen LogP contribution in [0.1, 0.15) is 92.0 Å². The average Bonchev–Trinajstić information content (AvgIpc) is 3.80. The Kier molecular flexibility index (Phi) is 11.1. The van der Waals surface area contributed by atoms with Gasteiger partial charge in [0.1, 0.15) is 5.92 Å².